The van der Waals surface area contributed by atoms with Crippen molar-refractivity contribution in [3.63, 3.8) is 0 Å². The summed E-state index contributed by atoms with van der Waals surface area (Å²) in [5, 5.41) is 2.61. The topological polar surface area (TPSA) is 114 Å². The van der Waals surface area contributed by atoms with Gasteiger partial charge in [0, 0.05) is 25.2 Å². The number of anilines is 1. The molecule has 1 atom stereocenters. The lowest BCUT2D eigenvalue weighted by Crippen LogP contribution is -2.47. The molecule has 1 amide bonds. The number of hydrogen-bond acceptors (Lipinski definition) is 5. The fourth-order valence-electron chi connectivity index (χ4n) is 1.67. The number of aromatic nitrogens is 1. The molecule has 0 aliphatic carbocycles. The zero-order chi connectivity index (χ0) is 13.2. The number of carbonyl (C=O) groups excluding carboxylic acids is 1. The highest BCUT2D eigenvalue weighted by atomic mass is 32.2. The van der Waals surface area contributed by atoms with Crippen LogP contribution in [0.3, 0.4) is 0 Å². The maximum atomic E-state index is 12.0. The highest BCUT2D eigenvalue weighted by molar-refractivity contribution is 7.89. The monoisotopic (exact) mass is 270 g/mol. The van der Waals surface area contributed by atoms with Crippen molar-refractivity contribution in [1.82, 2.24) is 15.0 Å². The van der Waals surface area contributed by atoms with Crippen molar-refractivity contribution in [2.45, 2.75) is 23.8 Å². The van der Waals surface area contributed by atoms with E-state index in [9.17, 15) is 13.2 Å². The molecule has 7 nitrogen and oxygen atoms in total. The van der Waals surface area contributed by atoms with Gasteiger partial charge in [0.1, 0.15) is 10.7 Å². The molecule has 1 fully saturated rings. The molecule has 0 saturated carbocycles. The molecular formula is C10H14N4O3S. The number of carbonyl (C=O) groups is 1. The minimum absolute atomic E-state index is 0.0559. The Bertz CT molecular complexity index is 531. The van der Waals surface area contributed by atoms with Crippen LogP contribution in [0.1, 0.15) is 12.8 Å². The van der Waals surface area contributed by atoms with Gasteiger partial charge in [-0.25, -0.2) is 18.1 Å². The summed E-state index contributed by atoms with van der Waals surface area (Å²) in [6.45, 7) is 0.306. The molecule has 1 unspecified atom stereocenters. The maximum absolute atomic E-state index is 12.0. The molecule has 18 heavy (non-hydrogen) atoms. The lowest BCUT2D eigenvalue weighted by Gasteiger charge is -2.23. The first-order valence-corrected chi connectivity index (χ1v) is 6.96. The van der Waals surface area contributed by atoms with Crippen molar-refractivity contribution in [1.29, 1.82) is 0 Å². The van der Waals surface area contributed by atoms with Crippen LogP contribution >= 0.6 is 0 Å². The predicted octanol–water partition coefficient (Wildman–Crippen LogP) is -0.779. The lowest BCUT2D eigenvalue weighted by atomic mass is 10.1. The van der Waals surface area contributed by atoms with Gasteiger partial charge in [0.05, 0.1) is 0 Å². The van der Waals surface area contributed by atoms with Crippen LogP contribution in [0.5, 0.6) is 0 Å². The van der Waals surface area contributed by atoms with Crippen molar-refractivity contribution in [2.24, 2.45) is 0 Å². The Morgan fingerprint density at radius 2 is 2.22 bits per heavy atom. The number of hydrogen-bond donors (Lipinski definition) is 3. The largest absolute Gasteiger partial charge is 0.384 e. The lowest BCUT2D eigenvalue weighted by molar-refractivity contribution is -0.122. The molecule has 1 aromatic heterocycles. The van der Waals surface area contributed by atoms with E-state index in [4.69, 9.17) is 5.73 Å². The molecule has 4 N–H and O–H groups in total. The Balaban J connectivity index is 2.07. The number of nitrogen functional groups attached to an aromatic ring is 1. The van der Waals surface area contributed by atoms with Crippen LogP contribution in [0.25, 0.3) is 0 Å². The Kier molecular flexibility index (Phi) is 3.48. The molecular weight excluding hydrogens is 256 g/mol. The average Bonchev–Trinajstić information content (AvgIpc) is 2.32. The zero-order valence-electron chi connectivity index (χ0n) is 9.59. The van der Waals surface area contributed by atoms with Crippen LogP contribution in [0.2, 0.25) is 0 Å². The zero-order valence-corrected chi connectivity index (χ0v) is 10.4. The van der Waals surface area contributed by atoms with Gasteiger partial charge in [-0.05, 0) is 18.6 Å². The first-order chi connectivity index (χ1) is 8.47. The van der Waals surface area contributed by atoms with E-state index in [1.165, 1.54) is 18.3 Å². The SMILES string of the molecule is Nc1ccc(S(=O)(=O)NC2CCC(=O)NC2)cn1. The summed E-state index contributed by atoms with van der Waals surface area (Å²) in [6, 6.07) is 2.54. The fourth-order valence-corrected chi connectivity index (χ4v) is 2.89. The summed E-state index contributed by atoms with van der Waals surface area (Å²) < 4.78 is 26.5. The number of nitrogens with one attached hydrogen (secondary N) is 2. The number of nitrogens with two attached hydrogens (primary N) is 1. The van der Waals surface area contributed by atoms with Gasteiger partial charge in [-0.1, -0.05) is 0 Å². The van der Waals surface area contributed by atoms with E-state index >= 15 is 0 Å². The van der Waals surface area contributed by atoms with Gasteiger partial charge in [0.25, 0.3) is 0 Å². The highest BCUT2D eigenvalue weighted by Crippen LogP contribution is 2.11. The van der Waals surface area contributed by atoms with Crippen LogP contribution in [0.4, 0.5) is 5.82 Å². The second kappa shape index (κ2) is 4.91. The van der Waals surface area contributed by atoms with Crippen molar-refractivity contribution in [3.05, 3.63) is 18.3 Å². The first-order valence-electron chi connectivity index (χ1n) is 5.48. The smallest absolute Gasteiger partial charge is 0.242 e. The van der Waals surface area contributed by atoms with Gasteiger partial charge in [-0.3, -0.25) is 4.79 Å². The van der Waals surface area contributed by atoms with E-state index in [0.717, 1.165) is 0 Å². The fraction of sp³-hybridized carbons (Fsp3) is 0.400. The second-order valence-electron chi connectivity index (χ2n) is 4.08. The second-order valence-corrected chi connectivity index (χ2v) is 5.79. The van der Waals surface area contributed by atoms with E-state index in [0.29, 0.717) is 19.4 Å². The van der Waals surface area contributed by atoms with E-state index in [1.54, 1.807) is 0 Å². The molecule has 1 aliphatic rings. The number of nitrogens with zero attached hydrogens (tertiary/aromatic N) is 1. The summed E-state index contributed by atoms with van der Waals surface area (Å²) in [6.07, 6.45) is 2.03. The van der Waals surface area contributed by atoms with Gasteiger partial charge < -0.3 is 11.1 Å². The normalized spacial score (nSPS) is 20.4. The van der Waals surface area contributed by atoms with Gasteiger partial charge in [0.15, 0.2) is 0 Å². The van der Waals surface area contributed by atoms with Crippen molar-refractivity contribution in [3.8, 4) is 0 Å². The summed E-state index contributed by atoms with van der Waals surface area (Å²) in [5.41, 5.74) is 5.40. The third kappa shape index (κ3) is 2.96. The average molecular weight is 270 g/mol. The van der Waals surface area contributed by atoms with Gasteiger partial charge in [0.2, 0.25) is 15.9 Å². The Hall–Kier alpha value is -1.67. The number of sulfonamides is 1. The summed E-state index contributed by atoms with van der Waals surface area (Å²) >= 11 is 0. The van der Waals surface area contributed by atoms with Gasteiger partial charge in [-0.15, -0.1) is 0 Å². The van der Waals surface area contributed by atoms with Crippen LogP contribution in [0, 0.1) is 0 Å². The molecule has 0 bridgehead atoms. The third-order valence-electron chi connectivity index (χ3n) is 2.66. The molecule has 0 spiro atoms. The number of rotatable bonds is 3. The molecule has 0 radical (unpaired) electrons. The molecule has 98 valence electrons. The Morgan fingerprint density at radius 3 is 2.78 bits per heavy atom. The molecule has 1 saturated heterocycles. The molecule has 1 aromatic rings. The minimum Gasteiger partial charge on any atom is -0.384 e. The molecule has 1 aliphatic heterocycles. The molecule has 2 heterocycles. The number of pyridine rings is 1. The predicted molar refractivity (Wildman–Crippen MR) is 65.0 cm³/mol. The summed E-state index contributed by atoms with van der Waals surface area (Å²) in [5.74, 6) is 0.207. The van der Waals surface area contributed by atoms with Crippen LogP contribution in [0.15, 0.2) is 23.2 Å². The van der Waals surface area contributed by atoms with Crippen molar-refractivity contribution in [2.75, 3.05) is 12.3 Å². The van der Waals surface area contributed by atoms with E-state index in [2.05, 4.69) is 15.0 Å². The van der Waals surface area contributed by atoms with Gasteiger partial charge >= 0.3 is 0 Å². The number of amides is 1. The van der Waals surface area contributed by atoms with E-state index in [1.807, 2.05) is 0 Å². The quantitative estimate of drug-likeness (QED) is 0.666. The van der Waals surface area contributed by atoms with E-state index in [-0.39, 0.29) is 22.7 Å². The van der Waals surface area contributed by atoms with Crippen LogP contribution in [-0.2, 0) is 14.8 Å². The summed E-state index contributed by atoms with van der Waals surface area (Å²) in [4.78, 5) is 14.8. The Morgan fingerprint density at radius 1 is 1.44 bits per heavy atom. The van der Waals surface area contributed by atoms with Crippen molar-refractivity contribution < 1.29 is 13.2 Å². The number of piperidine rings is 1. The van der Waals surface area contributed by atoms with Crippen LogP contribution in [-0.4, -0.2) is 31.9 Å². The Labute approximate surface area is 105 Å². The maximum Gasteiger partial charge on any atom is 0.242 e. The molecule has 2 rings (SSSR count). The van der Waals surface area contributed by atoms with Crippen molar-refractivity contribution >= 4 is 21.7 Å². The molecule has 0 aromatic carbocycles. The summed E-state index contributed by atoms with van der Waals surface area (Å²) in [7, 11) is -3.61. The standard InChI is InChI=1S/C10H14N4O3S/c11-9-3-2-8(6-12-9)18(16,17)14-7-1-4-10(15)13-5-7/h2-3,6-7,14H,1,4-5H2,(H2,11,12)(H,13,15). The molecule has 8 heteroatoms. The van der Waals surface area contributed by atoms with Crippen LogP contribution < -0.4 is 15.8 Å². The minimum atomic E-state index is -3.61. The van der Waals surface area contributed by atoms with E-state index < -0.39 is 10.0 Å². The first kappa shape index (κ1) is 12.8. The third-order valence-corrected chi connectivity index (χ3v) is 4.16. The van der Waals surface area contributed by atoms with Gasteiger partial charge in [-0.2, -0.15) is 0 Å². The highest BCUT2D eigenvalue weighted by Gasteiger charge is 2.24.